The Kier molecular flexibility index (Phi) is 43.9. The molecule has 0 bridgehead atoms. The lowest BCUT2D eigenvalue weighted by atomic mass is 10.1. The second-order valence-electron chi connectivity index (χ2n) is 16.0. The van der Waals surface area contributed by atoms with Crippen molar-refractivity contribution >= 4 is 17.9 Å². The topological polar surface area (TPSA) is 78.9 Å². The number of hydrogen-bond donors (Lipinski definition) is 0. The van der Waals surface area contributed by atoms with Gasteiger partial charge in [-0.15, -0.1) is 0 Å². The highest BCUT2D eigenvalue weighted by molar-refractivity contribution is 5.71. The van der Waals surface area contributed by atoms with E-state index < -0.39 is 6.10 Å². The highest BCUT2D eigenvalue weighted by atomic mass is 16.6. The van der Waals surface area contributed by atoms with E-state index >= 15 is 0 Å². The molecule has 1 atom stereocenters. The van der Waals surface area contributed by atoms with Crippen molar-refractivity contribution in [2.75, 3.05) is 13.2 Å². The Morgan fingerprint density at radius 2 is 0.684 bits per heavy atom. The molecule has 0 saturated heterocycles. The fourth-order valence-corrected chi connectivity index (χ4v) is 6.73. The Morgan fingerprint density at radius 3 is 1.07 bits per heavy atom. The third-order valence-corrected chi connectivity index (χ3v) is 10.3. The van der Waals surface area contributed by atoms with Gasteiger partial charge >= 0.3 is 17.9 Å². The summed E-state index contributed by atoms with van der Waals surface area (Å²) in [6.45, 7) is 6.46. The molecule has 0 aromatic heterocycles. The van der Waals surface area contributed by atoms with Gasteiger partial charge in [0.05, 0.1) is 0 Å². The van der Waals surface area contributed by atoms with Crippen LogP contribution in [0.25, 0.3) is 0 Å². The predicted molar refractivity (Wildman–Crippen MR) is 242 cm³/mol. The molecular formula is C51H90O6. The van der Waals surface area contributed by atoms with Crippen LogP contribution in [0.2, 0.25) is 0 Å². The summed E-state index contributed by atoms with van der Waals surface area (Å²) >= 11 is 0. The van der Waals surface area contributed by atoms with Crippen molar-refractivity contribution in [3.8, 4) is 0 Å². The van der Waals surface area contributed by atoms with Crippen LogP contribution >= 0.6 is 0 Å². The van der Waals surface area contributed by atoms with Gasteiger partial charge < -0.3 is 14.2 Å². The highest BCUT2D eigenvalue weighted by Gasteiger charge is 2.19. The van der Waals surface area contributed by atoms with Crippen LogP contribution in [0, 0.1) is 0 Å². The summed E-state index contributed by atoms with van der Waals surface area (Å²) < 4.78 is 16.7. The molecule has 0 heterocycles. The average Bonchev–Trinajstić information content (AvgIpc) is 3.21. The summed E-state index contributed by atoms with van der Waals surface area (Å²) in [5, 5.41) is 0. The van der Waals surface area contributed by atoms with Crippen LogP contribution in [0.5, 0.6) is 0 Å². The van der Waals surface area contributed by atoms with Crippen LogP contribution in [-0.2, 0) is 28.6 Å². The Morgan fingerprint density at radius 1 is 0.368 bits per heavy atom. The van der Waals surface area contributed by atoms with Crippen molar-refractivity contribution < 1.29 is 28.6 Å². The normalized spacial score (nSPS) is 12.4. The van der Waals surface area contributed by atoms with Crippen molar-refractivity contribution in [3.05, 3.63) is 48.6 Å². The molecular weight excluding hydrogens is 709 g/mol. The molecule has 6 nitrogen and oxygen atoms in total. The molecule has 0 aromatic rings. The molecule has 0 aromatic carbocycles. The number of allylic oxidation sites excluding steroid dienone is 8. The minimum Gasteiger partial charge on any atom is -0.462 e. The minimum absolute atomic E-state index is 0.0718. The van der Waals surface area contributed by atoms with Crippen LogP contribution in [0.15, 0.2) is 48.6 Å². The van der Waals surface area contributed by atoms with Gasteiger partial charge in [-0.2, -0.15) is 0 Å². The first-order valence-electron chi connectivity index (χ1n) is 24.1. The Bertz CT molecular complexity index is 1010. The van der Waals surface area contributed by atoms with Gasteiger partial charge in [0, 0.05) is 19.3 Å². The fourth-order valence-electron chi connectivity index (χ4n) is 6.73. The van der Waals surface area contributed by atoms with E-state index in [1.54, 1.807) is 0 Å². The van der Waals surface area contributed by atoms with E-state index in [1.165, 1.54) is 116 Å². The van der Waals surface area contributed by atoms with Crippen molar-refractivity contribution in [1.29, 1.82) is 0 Å². The van der Waals surface area contributed by atoms with E-state index in [2.05, 4.69) is 69.4 Å². The molecule has 1 unspecified atom stereocenters. The van der Waals surface area contributed by atoms with E-state index in [0.29, 0.717) is 19.3 Å². The first-order chi connectivity index (χ1) is 28.0. The monoisotopic (exact) mass is 799 g/mol. The first kappa shape index (κ1) is 54.4. The number of rotatable bonds is 43. The summed E-state index contributed by atoms with van der Waals surface area (Å²) in [5.74, 6) is -0.883. The molecule has 0 aliphatic rings. The van der Waals surface area contributed by atoms with Gasteiger partial charge in [-0.3, -0.25) is 14.4 Å². The van der Waals surface area contributed by atoms with Gasteiger partial charge in [-0.1, -0.05) is 211 Å². The number of hydrogen-bond acceptors (Lipinski definition) is 6. The van der Waals surface area contributed by atoms with Crippen molar-refractivity contribution in [1.82, 2.24) is 0 Å². The van der Waals surface area contributed by atoms with E-state index in [9.17, 15) is 14.4 Å². The van der Waals surface area contributed by atoms with Crippen molar-refractivity contribution in [3.63, 3.8) is 0 Å². The molecule has 0 spiro atoms. The second-order valence-corrected chi connectivity index (χ2v) is 16.0. The zero-order valence-corrected chi connectivity index (χ0v) is 37.6. The zero-order chi connectivity index (χ0) is 41.5. The largest absolute Gasteiger partial charge is 0.462 e. The molecule has 0 aliphatic carbocycles. The first-order valence-corrected chi connectivity index (χ1v) is 24.1. The molecule has 0 aliphatic heterocycles. The molecule has 330 valence electrons. The maximum atomic E-state index is 12.6. The summed E-state index contributed by atoms with van der Waals surface area (Å²) in [7, 11) is 0. The van der Waals surface area contributed by atoms with Gasteiger partial charge in [0.2, 0.25) is 0 Å². The number of carbonyl (C=O) groups is 3. The zero-order valence-electron chi connectivity index (χ0n) is 37.6. The van der Waals surface area contributed by atoms with Crippen LogP contribution in [0.3, 0.4) is 0 Å². The molecule has 0 saturated carbocycles. The lowest BCUT2D eigenvalue weighted by Crippen LogP contribution is -2.30. The van der Waals surface area contributed by atoms with Crippen LogP contribution in [0.4, 0.5) is 0 Å². The third-order valence-electron chi connectivity index (χ3n) is 10.3. The summed E-state index contributed by atoms with van der Waals surface area (Å²) in [5.41, 5.74) is 0. The van der Waals surface area contributed by atoms with Gasteiger partial charge in [-0.25, -0.2) is 0 Å². The number of carbonyl (C=O) groups excluding carboxylic acids is 3. The molecule has 0 N–H and O–H groups in total. The van der Waals surface area contributed by atoms with Crippen LogP contribution in [-0.4, -0.2) is 37.2 Å². The summed E-state index contributed by atoms with van der Waals surface area (Å²) in [4.78, 5) is 37.6. The number of unbranched alkanes of at least 4 members (excludes halogenated alkanes) is 24. The van der Waals surface area contributed by atoms with Gasteiger partial charge in [-0.05, 0) is 57.8 Å². The number of ether oxygens (including phenoxy) is 3. The van der Waals surface area contributed by atoms with Crippen molar-refractivity contribution in [2.45, 2.75) is 245 Å². The minimum atomic E-state index is -0.766. The molecule has 0 rings (SSSR count). The van der Waals surface area contributed by atoms with Crippen LogP contribution in [0.1, 0.15) is 239 Å². The van der Waals surface area contributed by atoms with E-state index in [4.69, 9.17) is 14.2 Å². The molecule has 6 heteroatoms. The molecule has 0 radical (unpaired) electrons. The van der Waals surface area contributed by atoms with Gasteiger partial charge in [0.25, 0.3) is 0 Å². The fraction of sp³-hybridized carbons (Fsp3) is 0.784. The van der Waals surface area contributed by atoms with Crippen molar-refractivity contribution in [2.24, 2.45) is 0 Å². The maximum Gasteiger partial charge on any atom is 0.306 e. The molecule has 0 fully saturated rings. The van der Waals surface area contributed by atoms with E-state index in [-0.39, 0.29) is 31.1 Å². The Balaban J connectivity index is 4.13. The van der Waals surface area contributed by atoms with Crippen LogP contribution < -0.4 is 0 Å². The Hall–Kier alpha value is -2.63. The Labute approximate surface area is 352 Å². The van der Waals surface area contributed by atoms with E-state index in [0.717, 1.165) is 83.5 Å². The quantitative estimate of drug-likeness (QED) is 0.0265. The highest BCUT2D eigenvalue weighted by Crippen LogP contribution is 2.15. The third kappa shape index (κ3) is 44.3. The molecule has 57 heavy (non-hydrogen) atoms. The van der Waals surface area contributed by atoms with Gasteiger partial charge in [0.1, 0.15) is 13.2 Å². The lowest BCUT2D eigenvalue weighted by Gasteiger charge is -2.18. The summed E-state index contributed by atoms with van der Waals surface area (Å²) in [6, 6.07) is 0. The smallest absolute Gasteiger partial charge is 0.306 e. The SMILES string of the molecule is CC/C=C\C/C=C\C/C=C\C/C=C\CCCCCCCCCCCCC(=O)OCC(COC(=O)CCCCCCCCCC)OC(=O)CCCCCCCCCC. The van der Waals surface area contributed by atoms with Gasteiger partial charge in [0.15, 0.2) is 6.10 Å². The second kappa shape index (κ2) is 46.1. The summed E-state index contributed by atoms with van der Waals surface area (Å²) in [6.07, 6.45) is 54.0. The average molecular weight is 799 g/mol. The predicted octanol–water partition coefficient (Wildman–Crippen LogP) is 15.5. The van der Waals surface area contributed by atoms with E-state index in [1.807, 2.05) is 0 Å². The number of esters is 3. The molecule has 0 amide bonds. The maximum absolute atomic E-state index is 12.6. The standard InChI is InChI=1S/C51H90O6/c1-4-7-10-13-16-19-20-21-22-23-24-25-26-27-28-29-30-31-32-33-36-38-41-44-50(53)56-47-48(57-51(54)45-42-39-35-18-15-12-9-6-3)46-55-49(52)43-40-37-34-17-14-11-8-5-2/h7,10,16,19,21-22,24-25,48H,4-6,8-9,11-15,17-18,20,23,26-47H2,1-3H3/b10-7-,19-16-,22-21-,25-24-. The lowest BCUT2D eigenvalue weighted by molar-refractivity contribution is -0.167.